The molecule has 0 spiro atoms. The van der Waals surface area contributed by atoms with Crippen LogP contribution in [-0.2, 0) is 4.79 Å². The molecule has 6 heteroatoms. The van der Waals surface area contributed by atoms with Gasteiger partial charge in [0.25, 0.3) is 11.8 Å². The number of halogens is 1. The molecular weight excluding hydrogens is 364 g/mol. The summed E-state index contributed by atoms with van der Waals surface area (Å²) in [6, 6.07) is 17.2. The van der Waals surface area contributed by atoms with Crippen molar-refractivity contribution in [3.8, 4) is 0 Å². The van der Waals surface area contributed by atoms with Crippen molar-refractivity contribution >= 4 is 35.2 Å². The molecule has 0 aliphatic carbocycles. The number of carbonyl (C=O) groups is 2. The van der Waals surface area contributed by atoms with E-state index in [4.69, 9.17) is 16.0 Å². The minimum atomic E-state index is -0.459. The van der Waals surface area contributed by atoms with Crippen molar-refractivity contribution in [1.82, 2.24) is 5.32 Å². The number of amides is 2. The highest BCUT2D eigenvalue weighted by atomic mass is 35.5. The van der Waals surface area contributed by atoms with E-state index in [0.717, 1.165) is 5.56 Å². The van der Waals surface area contributed by atoms with Crippen LogP contribution in [0.5, 0.6) is 0 Å². The first-order chi connectivity index (χ1) is 13.0. The zero-order valence-electron chi connectivity index (χ0n) is 14.5. The Morgan fingerprint density at radius 3 is 2.48 bits per heavy atom. The van der Waals surface area contributed by atoms with Crippen molar-refractivity contribution in [2.75, 3.05) is 5.32 Å². The summed E-state index contributed by atoms with van der Waals surface area (Å²) in [7, 11) is 0. The van der Waals surface area contributed by atoms with Crippen LogP contribution in [0.1, 0.15) is 21.7 Å². The fourth-order valence-electron chi connectivity index (χ4n) is 2.39. The first-order valence-corrected chi connectivity index (χ1v) is 8.59. The number of carbonyl (C=O) groups excluding carboxylic acids is 2. The second-order valence-electron chi connectivity index (χ2n) is 5.86. The number of rotatable bonds is 5. The van der Waals surface area contributed by atoms with E-state index in [9.17, 15) is 9.59 Å². The Morgan fingerprint density at radius 2 is 1.81 bits per heavy atom. The van der Waals surface area contributed by atoms with Gasteiger partial charge in [-0.05, 0) is 61.0 Å². The fraction of sp³-hybridized carbons (Fsp3) is 0.0476. The van der Waals surface area contributed by atoms with Crippen LogP contribution in [0.15, 0.2) is 77.0 Å². The van der Waals surface area contributed by atoms with Gasteiger partial charge in [0.2, 0.25) is 0 Å². The number of anilines is 1. The van der Waals surface area contributed by atoms with E-state index in [-0.39, 0.29) is 5.70 Å². The molecule has 0 aliphatic rings. The zero-order valence-corrected chi connectivity index (χ0v) is 15.3. The van der Waals surface area contributed by atoms with Crippen LogP contribution in [0.4, 0.5) is 5.69 Å². The molecule has 0 atom stereocenters. The monoisotopic (exact) mass is 380 g/mol. The Hall–Kier alpha value is -3.31. The van der Waals surface area contributed by atoms with E-state index in [0.29, 0.717) is 22.0 Å². The summed E-state index contributed by atoms with van der Waals surface area (Å²) < 4.78 is 5.26. The Kier molecular flexibility index (Phi) is 5.74. The molecule has 5 nitrogen and oxygen atoms in total. The maximum atomic E-state index is 12.7. The second-order valence-corrected chi connectivity index (χ2v) is 6.29. The molecule has 1 heterocycles. The molecule has 0 saturated carbocycles. The van der Waals surface area contributed by atoms with E-state index in [1.807, 2.05) is 25.1 Å². The van der Waals surface area contributed by atoms with Crippen molar-refractivity contribution < 1.29 is 14.0 Å². The van der Waals surface area contributed by atoms with E-state index in [1.165, 1.54) is 12.3 Å². The molecule has 0 bridgehead atoms. The Bertz CT molecular complexity index is 977. The van der Waals surface area contributed by atoms with Crippen LogP contribution >= 0.6 is 11.6 Å². The smallest absolute Gasteiger partial charge is 0.272 e. The Labute approximate surface area is 161 Å². The highest BCUT2D eigenvalue weighted by molar-refractivity contribution is 6.30. The molecular formula is C21H17ClN2O3. The topological polar surface area (TPSA) is 71.3 Å². The molecule has 0 saturated heterocycles. The van der Waals surface area contributed by atoms with Gasteiger partial charge in [0.1, 0.15) is 11.5 Å². The van der Waals surface area contributed by atoms with E-state index >= 15 is 0 Å². The number of nitrogens with one attached hydrogen (secondary N) is 2. The van der Waals surface area contributed by atoms with Crippen LogP contribution < -0.4 is 10.6 Å². The molecule has 0 unspecified atom stereocenters. The molecule has 2 N–H and O–H groups in total. The third-order valence-corrected chi connectivity index (χ3v) is 3.96. The lowest BCUT2D eigenvalue weighted by molar-refractivity contribution is -0.113. The highest BCUT2D eigenvalue weighted by Gasteiger charge is 2.15. The van der Waals surface area contributed by atoms with Gasteiger partial charge in [-0.15, -0.1) is 0 Å². The van der Waals surface area contributed by atoms with Gasteiger partial charge in [0.15, 0.2) is 0 Å². The summed E-state index contributed by atoms with van der Waals surface area (Å²) in [4.78, 5) is 25.2. The largest absolute Gasteiger partial charge is 0.465 e. The molecule has 0 radical (unpaired) electrons. The van der Waals surface area contributed by atoms with Crippen molar-refractivity contribution in [2.24, 2.45) is 0 Å². The Morgan fingerprint density at radius 1 is 1.04 bits per heavy atom. The van der Waals surface area contributed by atoms with Crippen LogP contribution in [0.3, 0.4) is 0 Å². The second kappa shape index (κ2) is 8.38. The minimum absolute atomic E-state index is 0.0615. The van der Waals surface area contributed by atoms with Crippen molar-refractivity contribution in [3.05, 3.63) is 94.5 Å². The maximum Gasteiger partial charge on any atom is 0.272 e. The Balaban J connectivity index is 1.83. The quantitative estimate of drug-likeness (QED) is 0.633. The van der Waals surface area contributed by atoms with Crippen LogP contribution in [0, 0.1) is 6.92 Å². The molecule has 0 aliphatic heterocycles. The van der Waals surface area contributed by atoms with Crippen LogP contribution in [0.2, 0.25) is 5.02 Å². The van der Waals surface area contributed by atoms with Crippen LogP contribution in [0.25, 0.3) is 6.08 Å². The van der Waals surface area contributed by atoms with Gasteiger partial charge in [-0.25, -0.2) is 0 Å². The van der Waals surface area contributed by atoms with Crippen molar-refractivity contribution in [2.45, 2.75) is 6.92 Å². The summed E-state index contributed by atoms with van der Waals surface area (Å²) >= 11 is 5.85. The maximum absolute atomic E-state index is 12.7. The number of aryl methyl sites for hydroxylation is 1. The average molecular weight is 381 g/mol. The molecule has 3 aromatic rings. The summed E-state index contributed by atoms with van der Waals surface area (Å²) in [6.45, 7) is 1.93. The SMILES string of the molecule is Cc1cccc(NC(=O)/C(=C\c2ccco2)NC(=O)c2ccc(Cl)cc2)c1. The highest BCUT2D eigenvalue weighted by Crippen LogP contribution is 2.14. The van der Waals surface area contributed by atoms with Gasteiger partial charge in [0.05, 0.1) is 6.26 Å². The molecule has 27 heavy (non-hydrogen) atoms. The van der Waals surface area contributed by atoms with Gasteiger partial charge in [-0.2, -0.15) is 0 Å². The summed E-state index contributed by atoms with van der Waals surface area (Å²) in [5.41, 5.74) is 2.08. The summed E-state index contributed by atoms with van der Waals surface area (Å²) in [6.07, 6.45) is 2.96. The van der Waals surface area contributed by atoms with Crippen molar-refractivity contribution in [1.29, 1.82) is 0 Å². The number of hydrogen-bond acceptors (Lipinski definition) is 3. The first-order valence-electron chi connectivity index (χ1n) is 8.21. The standard InChI is InChI=1S/C21H17ClN2O3/c1-14-4-2-5-17(12-14)23-21(26)19(13-18-6-3-11-27-18)24-20(25)15-7-9-16(22)10-8-15/h2-13H,1H3,(H,23,26)(H,24,25)/b19-13+. The number of hydrogen-bond donors (Lipinski definition) is 2. The molecule has 0 fully saturated rings. The van der Waals surface area contributed by atoms with Gasteiger partial charge in [-0.3, -0.25) is 9.59 Å². The molecule has 2 aromatic carbocycles. The molecule has 2 amide bonds. The van der Waals surface area contributed by atoms with Gasteiger partial charge < -0.3 is 15.1 Å². The zero-order chi connectivity index (χ0) is 19.2. The van der Waals surface area contributed by atoms with Crippen LogP contribution in [-0.4, -0.2) is 11.8 Å². The summed E-state index contributed by atoms with van der Waals surface area (Å²) in [5, 5.41) is 5.93. The molecule has 136 valence electrons. The molecule has 3 rings (SSSR count). The van der Waals surface area contributed by atoms with E-state index in [2.05, 4.69) is 10.6 Å². The van der Waals surface area contributed by atoms with Gasteiger partial charge >= 0.3 is 0 Å². The minimum Gasteiger partial charge on any atom is -0.465 e. The van der Waals surface area contributed by atoms with Crippen molar-refractivity contribution in [3.63, 3.8) is 0 Å². The third-order valence-electron chi connectivity index (χ3n) is 3.70. The third kappa shape index (κ3) is 5.09. The number of furan rings is 1. The lowest BCUT2D eigenvalue weighted by Gasteiger charge is -2.11. The fourth-order valence-corrected chi connectivity index (χ4v) is 2.52. The predicted octanol–water partition coefficient (Wildman–Crippen LogP) is 4.65. The lowest BCUT2D eigenvalue weighted by Crippen LogP contribution is -2.30. The normalized spacial score (nSPS) is 11.1. The number of benzene rings is 2. The lowest BCUT2D eigenvalue weighted by atomic mass is 10.2. The predicted molar refractivity (Wildman–Crippen MR) is 105 cm³/mol. The van der Waals surface area contributed by atoms with Gasteiger partial charge in [-0.1, -0.05) is 23.7 Å². The molecule has 1 aromatic heterocycles. The average Bonchev–Trinajstić information content (AvgIpc) is 3.15. The van der Waals surface area contributed by atoms with E-state index < -0.39 is 11.8 Å². The van der Waals surface area contributed by atoms with Gasteiger partial charge in [0, 0.05) is 22.3 Å². The first kappa shape index (κ1) is 18.5. The summed E-state index contributed by atoms with van der Waals surface area (Å²) in [5.74, 6) is -0.441. The van der Waals surface area contributed by atoms with E-state index in [1.54, 1.807) is 42.5 Å².